The minimum Gasteiger partial charge on any atom is -0.497 e. The summed E-state index contributed by atoms with van der Waals surface area (Å²) in [6, 6.07) is 12.8. The first kappa shape index (κ1) is 20.5. The van der Waals surface area contributed by atoms with Gasteiger partial charge >= 0.3 is 0 Å². The number of rotatable bonds is 8. The predicted octanol–water partition coefficient (Wildman–Crippen LogP) is 3.94. The van der Waals surface area contributed by atoms with Gasteiger partial charge in [-0.3, -0.25) is 9.59 Å². The van der Waals surface area contributed by atoms with Crippen LogP contribution in [0.2, 0.25) is 0 Å². The van der Waals surface area contributed by atoms with E-state index in [9.17, 15) is 9.59 Å². The Morgan fingerprint density at radius 2 is 1.79 bits per heavy atom. The molecular formula is C23H26N2O4. The first-order valence-corrected chi connectivity index (χ1v) is 9.61. The molecule has 29 heavy (non-hydrogen) atoms. The number of anilines is 1. The van der Waals surface area contributed by atoms with Crippen molar-refractivity contribution in [3.05, 3.63) is 59.7 Å². The van der Waals surface area contributed by atoms with Crippen LogP contribution in [0.3, 0.4) is 0 Å². The van der Waals surface area contributed by atoms with E-state index in [2.05, 4.69) is 10.6 Å². The number of amides is 2. The van der Waals surface area contributed by atoms with Gasteiger partial charge in [0.25, 0.3) is 0 Å². The first-order valence-electron chi connectivity index (χ1n) is 9.61. The molecule has 2 aromatic carbocycles. The van der Waals surface area contributed by atoms with Crippen molar-refractivity contribution in [2.45, 2.75) is 25.8 Å². The molecule has 2 aromatic rings. The number of hydrogen-bond donors (Lipinski definition) is 2. The van der Waals surface area contributed by atoms with Crippen LogP contribution in [0.1, 0.15) is 36.9 Å². The first-order chi connectivity index (χ1) is 14.0. The highest BCUT2D eigenvalue weighted by Crippen LogP contribution is 2.30. The molecule has 3 rings (SSSR count). The number of carbonyl (C=O) groups excluding carboxylic acids is 2. The van der Waals surface area contributed by atoms with E-state index < -0.39 is 0 Å². The summed E-state index contributed by atoms with van der Waals surface area (Å²) >= 11 is 0. The summed E-state index contributed by atoms with van der Waals surface area (Å²) in [5.74, 6) is 1.36. The second-order valence-electron chi connectivity index (χ2n) is 7.06. The predicted molar refractivity (Wildman–Crippen MR) is 113 cm³/mol. The average molecular weight is 394 g/mol. The number of methoxy groups -OCH3 is 2. The monoisotopic (exact) mass is 394 g/mol. The van der Waals surface area contributed by atoms with Crippen LogP contribution >= 0.6 is 0 Å². The molecule has 1 aliphatic carbocycles. The smallest absolute Gasteiger partial charge is 0.244 e. The summed E-state index contributed by atoms with van der Waals surface area (Å²) in [7, 11) is 3.16. The van der Waals surface area contributed by atoms with Crippen LogP contribution in [0.25, 0.3) is 6.08 Å². The Morgan fingerprint density at radius 3 is 2.41 bits per heavy atom. The maximum Gasteiger partial charge on any atom is 0.244 e. The van der Waals surface area contributed by atoms with Gasteiger partial charge < -0.3 is 20.1 Å². The van der Waals surface area contributed by atoms with Crippen LogP contribution in [0.5, 0.6) is 11.5 Å². The Kier molecular flexibility index (Phi) is 6.54. The lowest BCUT2D eigenvalue weighted by molar-refractivity contribution is -0.118. The summed E-state index contributed by atoms with van der Waals surface area (Å²) in [5.41, 5.74) is 2.51. The molecule has 6 heteroatoms. The molecule has 0 radical (unpaired) electrons. The van der Waals surface area contributed by atoms with Crippen molar-refractivity contribution in [1.29, 1.82) is 0 Å². The van der Waals surface area contributed by atoms with Gasteiger partial charge in [0.15, 0.2) is 0 Å². The topological polar surface area (TPSA) is 76.7 Å². The molecule has 0 aromatic heterocycles. The van der Waals surface area contributed by atoms with Gasteiger partial charge in [-0.15, -0.1) is 0 Å². The van der Waals surface area contributed by atoms with E-state index in [0.717, 1.165) is 29.7 Å². The van der Waals surface area contributed by atoms with Crippen LogP contribution in [-0.2, 0) is 9.59 Å². The standard InChI is InChI=1S/C23H26N2O4/c1-15(16-6-10-19(11-7-16)25-23(27)18-4-5-18)24-22(26)13-9-17-8-12-20(28-2)14-21(17)29-3/h6-15,18H,4-5H2,1-3H3,(H,24,26)(H,25,27)/b13-9+. The molecule has 1 atom stereocenters. The highest BCUT2D eigenvalue weighted by molar-refractivity contribution is 5.94. The number of carbonyl (C=O) groups is 2. The highest BCUT2D eigenvalue weighted by atomic mass is 16.5. The van der Waals surface area contributed by atoms with Gasteiger partial charge in [-0.2, -0.15) is 0 Å². The molecule has 0 heterocycles. The SMILES string of the molecule is COc1ccc(/C=C/C(=O)NC(C)c2ccc(NC(=O)C3CC3)cc2)c(OC)c1. The normalized spacial score (nSPS) is 14.3. The average Bonchev–Trinajstić information content (AvgIpc) is 3.58. The Bertz CT molecular complexity index is 902. The molecule has 0 aliphatic heterocycles. The Labute approximate surface area is 170 Å². The lowest BCUT2D eigenvalue weighted by atomic mass is 10.1. The lowest BCUT2D eigenvalue weighted by Crippen LogP contribution is -2.24. The fourth-order valence-electron chi connectivity index (χ4n) is 2.91. The third-order valence-electron chi connectivity index (χ3n) is 4.84. The van der Waals surface area contributed by atoms with E-state index in [1.54, 1.807) is 26.4 Å². The van der Waals surface area contributed by atoms with E-state index in [1.165, 1.54) is 6.08 Å². The van der Waals surface area contributed by atoms with Crippen LogP contribution in [0, 0.1) is 5.92 Å². The largest absolute Gasteiger partial charge is 0.497 e. The van der Waals surface area contributed by atoms with Gasteiger partial charge in [-0.1, -0.05) is 12.1 Å². The molecule has 1 aliphatic rings. The minimum atomic E-state index is -0.207. The van der Waals surface area contributed by atoms with E-state index >= 15 is 0 Å². The Hall–Kier alpha value is -3.28. The number of hydrogen-bond acceptors (Lipinski definition) is 4. The molecule has 1 fully saturated rings. The highest BCUT2D eigenvalue weighted by Gasteiger charge is 2.29. The summed E-state index contributed by atoms with van der Waals surface area (Å²) < 4.78 is 10.5. The van der Waals surface area contributed by atoms with Gasteiger partial charge in [0, 0.05) is 29.3 Å². The fourth-order valence-corrected chi connectivity index (χ4v) is 2.91. The van der Waals surface area contributed by atoms with Crippen molar-refractivity contribution in [1.82, 2.24) is 5.32 Å². The molecule has 1 saturated carbocycles. The van der Waals surface area contributed by atoms with Crippen LogP contribution in [-0.4, -0.2) is 26.0 Å². The van der Waals surface area contributed by atoms with Gasteiger partial charge in [0.2, 0.25) is 11.8 Å². The second-order valence-corrected chi connectivity index (χ2v) is 7.06. The van der Waals surface area contributed by atoms with E-state index in [0.29, 0.717) is 11.5 Å². The van der Waals surface area contributed by atoms with E-state index in [-0.39, 0.29) is 23.8 Å². The van der Waals surface area contributed by atoms with Gasteiger partial charge in [-0.05, 0) is 55.7 Å². The summed E-state index contributed by atoms with van der Waals surface area (Å²) in [4.78, 5) is 24.1. The molecule has 2 amide bonds. The van der Waals surface area contributed by atoms with Crippen molar-refractivity contribution in [2.75, 3.05) is 19.5 Å². The van der Waals surface area contributed by atoms with Crippen LogP contribution in [0.15, 0.2) is 48.5 Å². The summed E-state index contributed by atoms with van der Waals surface area (Å²) in [6.07, 6.45) is 5.13. The fraction of sp³-hybridized carbons (Fsp3) is 0.304. The van der Waals surface area contributed by atoms with Crippen LogP contribution < -0.4 is 20.1 Å². The molecular weight excluding hydrogens is 368 g/mol. The lowest BCUT2D eigenvalue weighted by Gasteiger charge is -2.14. The molecule has 2 N–H and O–H groups in total. The third-order valence-corrected chi connectivity index (χ3v) is 4.84. The Balaban J connectivity index is 1.57. The molecule has 0 spiro atoms. The van der Waals surface area contributed by atoms with Gasteiger partial charge in [-0.25, -0.2) is 0 Å². The number of nitrogens with one attached hydrogen (secondary N) is 2. The Morgan fingerprint density at radius 1 is 1.07 bits per heavy atom. The van der Waals surface area contributed by atoms with Crippen molar-refractivity contribution in [2.24, 2.45) is 5.92 Å². The number of benzene rings is 2. The van der Waals surface area contributed by atoms with Crippen molar-refractivity contribution >= 4 is 23.6 Å². The second kappa shape index (κ2) is 9.28. The molecule has 1 unspecified atom stereocenters. The van der Waals surface area contributed by atoms with Gasteiger partial charge in [0.05, 0.1) is 20.3 Å². The zero-order valence-electron chi connectivity index (χ0n) is 16.9. The molecule has 0 bridgehead atoms. The van der Waals surface area contributed by atoms with E-state index in [1.807, 2.05) is 43.3 Å². The van der Waals surface area contributed by atoms with Crippen molar-refractivity contribution in [3.63, 3.8) is 0 Å². The van der Waals surface area contributed by atoms with Gasteiger partial charge in [0.1, 0.15) is 11.5 Å². The molecule has 0 saturated heterocycles. The number of ether oxygens (including phenoxy) is 2. The van der Waals surface area contributed by atoms with Crippen molar-refractivity contribution < 1.29 is 19.1 Å². The zero-order valence-corrected chi connectivity index (χ0v) is 16.9. The minimum absolute atomic E-state index is 0.0817. The maximum atomic E-state index is 12.3. The zero-order chi connectivity index (χ0) is 20.8. The summed E-state index contributed by atoms with van der Waals surface area (Å²) in [6.45, 7) is 1.91. The molecule has 6 nitrogen and oxygen atoms in total. The summed E-state index contributed by atoms with van der Waals surface area (Å²) in [5, 5.41) is 5.85. The third kappa shape index (κ3) is 5.60. The van der Waals surface area contributed by atoms with E-state index in [4.69, 9.17) is 9.47 Å². The quantitative estimate of drug-likeness (QED) is 0.665. The maximum absolute atomic E-state index is 12.3. The van der Waals surface area contributed by atoms with Crippen molar-refractivity contribution in [3.8, 4) is 11.5 Å². The van der Waals surface area contributed by atoms with Crippen LogP contribution in [0.4, 0.5) is 5.69 Å². The molecule has 152 valence electrons.